The Morgan fingerprint density at radius 2 is 2.10 bits per heavy atom. The number of carbonyl (C=O) groups is 2. The largest absolute Gasteiger partial charge is 0.393 e. The molecule has 0 amide bonds. The molecule has 0 fully saturated rings. The van der Waals surface area contributed by atoms with Crippen LogP contribution in [-0.4, -0.2) is 11.9 Å². The van der Waals surface area contributed by atoms with Gasteiger partial charge >= 0.3 is 11.9 Å². The van der Waals surface area contributed by atoms with Crippen LogP contribution in [0.15, 0.2) is 12.7 Å². The average molecular weight is 144 g/mol. The van der Waals surface area contributed by atoms with E-state index in [0.717, 1.165) is 0 Å². The number of carbonyl (C=O) groups excluding carboxylic acids is 2. The molecule has 0 heterocycles. The molecule has 3 heteroatoms. The highest BCUT2D eigenvalue weighted by molar-refractivity contribution is 5.84. The first kappa shape index (κ1) is 11.6. The molecular formula is C7H12O3. The van der Waals surface area contributed by atoms with Crippen LogP contribution >= 0.6 is 0 Å². The van der Waals surface area contributed by atoms with Crippen LogP contribution in [0.4, 0.5) is 0 Å². The smallest absolute Gasteiger partial charge is 0.317 e. The van der Waals surface area contributed by atoms with Gasteiger partial charge in [-0.1, -0.05) is 13.5 Å². The fraction of sp³-hybridized carbons (Fsp3) is 0.429. The quantitative estimate of drug-likeness (QED) is 0.333. The average Bonchev–Trinajstić information content (AvgIpc) is 1.63. The van der Waals surface area contributed by atoms with E-state index in [1.807, 2.05) is 0 Å². The van der Waals surface area contributed by atoms with Crippen LogP contribution in [0.1, 0.15) is 20.8 Å². The van der Waals surface area contributed by atoms with E-state index >= 15 is 0 Å². The normalized spacial score (nSPS) is 7.30. The third-order valence-electron chi connectivity index (χ3n) is 0.569. The lowest BCUT2D eigenvalue weighted by atomic mass is 10.4. The van der Waals surface area contributed by atoms with Gasteiger partial charge in [-0.15, -0.1) is 6.58 Å². The van der Waals surface area contributed by atoms with Gasteiger partial charge in [-0.3, -0.25) is 9.59 Å². The predicted molar refractivity (Wildman–Crippen MR) is 38.3 cm³/mol. The van der Waals surface area contributed by atoms with Gasteiger partial charge < -0.3 is 4.74 Å². The van der Waals surface area contributed by atoms with Crippen molar-refractivity contribution in [2.24, 2.45) is 0 Å². The van der Waals surface area contributed by atoms with Crippen molar-refractivity contribution in [1.82, 2.24) is 0 Å². The molecule has 0 bridgehead atoms. The third kappa shape index (κ3) is 6.88. The van der Waals surface area contributed by atoms with E-state index in [1.165, 1.54) is 13.0 Å². The lowest BCUT2D eigenvalue weighted by Crippen LogP contribution is -2.06. The molecule has 58 valence electrons. The van der Waals surface area contributed by atoms with Gasteiger partial charge in [0.25, 0.3) is 0 Å². The van der Waals surface area contributed by atoms with Crippen molar-refractivity contribution in [3.8, 4) is 0 Å². The molecule has 0 atom stereocenters. The summed E-state index contributed by atoms with van der Waals surface area (Å²) in [5.74, 6) is -1.14. The zero-order valence-corrected chi connectivity index (χ0v) is 5.22. The van der Waals surface area contributed by atoms with Crippen LogP contribution < -0.4 is 0 Å². The molecule has 0 saturated carbocycles. The second kappa shape index (κ2) is 6.01. The summed E-state index contributed by atoms with van der Waals surface area (Å²) in [7, 11) is 0. The van der Waals surface area contributed by atoms with Crippen molar-refractivity contribution in [2.75, 3.05) is 0 Å². The standard InChI is InChI=1S/C6H8O3.CH4/c1-3-4-6(8)9-5(2)7;/h3H,1,4H2,2H3;1H4. The van der Waals surface area contributed by atoms with E-state index in [9.17, 15) is 9.59 Å². The van der Waals surface area contributed by atoms with Crippen LogP contribution in [0.3, 0.4) is 0 Å². The summed E-state index contributed by atoms with van der Waals surface area (Å²) in [6.45, 7) is 4.48. The molecular weight excluding hydrogens is 132 g/mol. The van der Waals surface area contributed by atoms with Gasteiger partial charge in [-0.05, 0) is 0 Å². The fourth-order valence-corrected chi connectivity index (χ4v) is 0.320. The highest BCUT2D eigenvalue weighted by Crippen LogP contribution is 1.86. The van der Waals surface area contributed by atoms with Crippen LogP contribution in [0, 0.1) is 0 Å². The second-order valence-electron chi connectivity index (χ2n) is 1.46. The zero-order valence-electron chi connectivity index (χ0n) is 5.22. The fourth-order valence-electron chi connectivity index (χ4n) is 0.320. The summed E-state index contributed by atoms with van der Waals surface area (Å²) >= 11 is 0. The Balaban J connectivity index is 0. The predicted octanol–water partition coefficient (Wildman–Crippen LogP) is 1.29. The molecule has 0 aromatic heterocycles. The monoisotopic (exact) mass is 144 g/mol. The molecule has 3 nitrogen and oxygen atoms in total. The van der Waals surface area contributed by atoms with Crippen LogP contribution in [0.25, 0.3) is 0 Å². The molecule has 0 unspecified atom stereocenters. The molecule has 0 aliphatic rings. The molecule has 0 N–H and O–H groups in total. The summed E-state index contributed by atoms with van der Waals surface area (Å²) in [6.07, 6.45) is 1.46. The summed E-state index contributed by atoms with van der Waals surface area (Å²) < 4.78 is 4.14. The van der Waals surface area contributed by atoms with Crippen molar-refractivity contribution >= 4 is 11.9 Å². The Morgan fingerprint density at radius 1 is 1.60 bits per heavy atom. The van der Waals surface area contributed by atoms with Gasteiger partial charge in [0.2, 0.25) is 0 Å². The van der Waals surface area contributed by atoms with Gasteiger partial charge in [0.1, 0.15) is 0 Å². The molecule has 0 spiro atoms. The molecule has 0 aliphatic heterocycles. The van der Waals surface area contributed by atoms with E-state index < -0.39 is 11.9 Å². The van der Waals surface area contributed by atoms with E-state index in [2.05, 4.69) is 11.3 Å². The van der Waals surface area contributed by atoms with E-state index in [0.29, 0.717) is 0 Å². The van der Waals surface area contributed by atoms with E-state index in [4.69, 9.17) is 0 Å². The minimum atomic E-state index is -0.582. The number of hydrogen-bond acceptors (Lipinski definition) is 3. The van der Waals surface area contributed by atoms with Crippen LogP contribution in [0.2, 0.25) is 0 Å². The van der Waals surface area contributed by atoms with Crippen molar-refractivity contribution in [1.29, 1.82) is 0 Å². The number of hydrogen-bond donors (Lipinski definition) is 0. The van der Waals surface area contributed by atoms with Gasteiger partial charge in [-0.2, -0.15) is 0 Å². The minimum Gasteiger partial charge on any atom is -0.393 e. The number of ether oxygens (including phenoxy) is 1. The van der Waals surface area contributed by atoms with Crippen molar-refractivity contribution in [3.05, 3.63) is 12.7 Å². The summed E-state index contributed by atoms with van der Waals surface area (Å²) in [6, 6.07) is 0. The lowest BCUT2D eigenvalue weighted by Gasteiger charge is -1.92. The Kier molecular flexibility index (Phi) is 7.00. The Bertz CT molecular complexity index is 138. The Morgan fingerprint density at radius 3 is 2.40 bits per heavy atom. The van der Waals surface area contributed by atoms with Gasteiger partial charge in [0.05, 0.1) is 6.42 Å². The summed E-state index contributed by atoms with van der Waals surface area (Å²) in [5, 5.41) is 0. The van der Waals surface area contributed by atoms with Gasteiger partial charge in [0.15, 0.2) is 0 Å². The summed E-state index contributed by atoms with van der Waals surface area (Å²) in [5.41, 5.74) is 0. The number of esters is 2. The minimum absolute atomic E-state index is 0. The van der Waals surface area contributed by atoms with Crippen molar-refractivity contribution < 1.29 is 14.3 Å². The third-order valence-corrected chi connectivity index (χ3v) is 0.569. The maximum Gasteiger partial charge on any atom is 0.317 e. The van der Waals surface area contributed by atoms with Crippen LogP contribution in [-0.2, 0) is 14.3 Å². The van der Waals surface area contributed by atoms with Crippen LogP contribution in [0.5, 0.6) is 0 Å². The second-order valence-corrected chi connectivity index (χ2v) is 1.46. The van der Waals surface area contributed by atoms with E-state index in [1.54, 1.807) is 0 Å². The molecule has 0 aromatic rings. The Labute approximate surface area is 60.7 Å². The summed E-state index contributed by atoms with van der Waals surface area (Å²) in [4.78, 5) is 20.4. The van der Waals surface area contributed by atoms with Gasteiger partial charge in [0, 0.05) is 6.92 Å². The number of rotatable bonds is 2. The van der Waals surface area contributed by atoms with Crippen molar-refractivity contribution in [2.45, 2.75) is 20.8 Å². The molecule has 10 heavy (non-hydrogen) atoms. The molecule has 0 radical (unpaired) electrons. The van der Waals surface area contributed by atoms with Gasteiger partial charge in [-0.25, -0.2) is 0 Å². The SMILES string of the molecule is C.C=CCC(=O)OC(C)=O. The highest BCUT2D eigenvalue weighted by atomic mass is 16.6. The molecule has 0 rings (SSSR count). The molecule has 0 aromatic carbocycles. The highest BCUT2D eigenvalue weighted by Gasteiger charge is 2.00. The maximum atomic E-state index is 10.3. The topological polar surface area (TPSA) is 43.4 Å². The van der Waals surface area contributed by atoms with Crippen molar-refractivity contribution in [3.63, 3.8) is 0 Å². The Hall–Kier alpha value is -1.12. The lowest BCUT2D eigenvalue weighted by molar-refractivity contribution is -0.157. The first-order chi connectivity index (χ1) is 4.16. The first-order valence-electron chi connectivity index (χ1n) is 2.49. The van der Waals surface area contributed by atoms with E-state index in [-0.39, 0.29) is 13.8 Å². The maximum absolute atomic E-state index is 10.3. The molecule has 0 aliphatic carbocycles. The first-order valence-corrected chi connectivity index (χ1v) is 2.49. The zero-order chi connectivity index (χ0) is 7.28. The molecule has 0 saturated heterocycles.